The molecule has 0 amide bonds. The van der Waals surface area contributed by atoms with Crippen LogP contribution in [0.4, 0.5) is 5.69 Å². The standard InChI is InChI=1S/C14H21ClN2O/c1-9-5-12(13(18-4)6-11(9)15)17-10-7-14(2,3)16-8-10/h5-6,10,16-17H,7-8H2,1-4H3. The number of methoxy groups -OCH3 is 1. The van der Waals surface area contributed by atoms with Crippen molar-refractivity contribution in [3.05, 3.63) is 22.7 Å². The number of ether oxygens (including phenoxy) is 1. The fourth-order valence-electron chi connectivity index (χ4n) is 2.43. The van der Waals surface area contributed by atoms with Gasteiger partial charge in [-0.05, 0) is 38.8 Å². The number of benzene rings is 1. The van der Waals surface area contributed by atoms with Crippen LogP contribution in [-0.2, 0) is 0 Å². The van der Waals surface area contributed by atoms with Crippen LogP contribution < -0.4 is 15.4 Å². The van der Waals surface area contributed by atoms with Crippen molar-refractivity contribution in [2.75, 3.05) is 19.0 Å². The summed E-state index contributed by atoms with van der Waals surface area (Å²) >= 11 is 6.11. The first-order valence-corrected chi connectivity index (χ1v) is 6.65. The van der Waals surface area contributed by atoms with Crippen LogP contribution >= 0.6 is 11.6 Å². The van der Waals surface area contributed by atoms with Gasteiger partial charge in [-0.2, -0.15) is 0 Å². The Morgan fingerprint density at radius 1 is 1.44 bits per heavy atom. The zero-order valence-corrected chi connectivity index (χ0v) is 12.2. The van der Waals surface area contributed by atoms with Gasteiger partial charge >= 0.3 is 0 Å². The number of nitrogens with one attached hydrogen (secondary N) is 2. The second-order valence-corrected chi connectivity index (χ2v) is 6.02. The van der Waals surface area contributed by atoms with Crippen LogP contribution in [0.25, 0.3) is 0 Å². The molecule has 1 aliphatic rings. The molecule has 4 heteroatoms. The maximum Gasteiger partial charge on any atom is 0.143 e. The minimum Gasteiger partial charge on any atom is -0.495 e. The zero-order chi connectivity index (χ0) is 13.3. The van der Waals surface area contributed by atoms with Gasteiger partial charge in [0.15, 0.2) is 0 Å². The van der Waals surface area contributed by atoms with E-state index in [1.807, 2.05) is 19.1 Å². The molecule has 1 unspecified atom stereocenters. The Labute approximate surface area is 114 Å². The third-order valence-corrected chi connectivity index (χ3v) is 3.83. The van der Waals surface area contributed by atoms with E-state index in [-0.39, 0.29) is 5.54 Å². The molecule has 2 rings (SSSR count). The first kappa shape index (κ1) is 13.5. The molecule has 1 fully saturated rings. The largest absolute Gasteiger partial charge is 0.495 e. The lowest BCUT2D eigenvalue weighted by Gasteiger charge is -2.19. The Morgan fingerprint density at radius 3 is 2.72 bits per heavy atom. The molecular weight excluding hydrogens is 248 g/mol. The molecule has 0 aliphatic carbocycles. The number of hydrogen-bond acceptors (Lipinski definition) is 3. The highest BCUT2D eigenvalue weighted by Crippen LogP contribution is 2.32. The van der Waals surface area contributed by atoms with Crippen molar-refractivity contribution in [3.63, 3.8) is 0 Å². The van der Waals surface area contributed by atoms with Gasteiger partial charge in [-0.25, -0.2) is 0 Å². The fourth-order valence-corrected chi connectivity index (χ4v) is 2.58. The summed E-state index contributed by atoms with van der Waals surface area (Å²) in [6.07, 6.45) is 1.10. The molecule has 18 heavy (non-hydrogen) atoms. The number of anilines is 1. The molecule has 1 aliphatic heterocycles. The molecule has 0 saturated carbocycles. The normalized spacial score (nSPS) is 21.9. The van der Waals surface area contributed by atoms with Gasteiger partial charge in [-0.3, -0.25) is 0 Å². The Morgan fingerprint density at radius 2 is 2.17 bits per heavy atom. The summed E-state index contributed by atoms with van der Waals surface area (Å²) in [6, 6.07) is 4.34. The highest BCUT2D eigenvalue weighted by molar-refractivity contribution is 6.31. The van der Waals surface area contributed by atoms with Crippen LogP contribution in [-0.4, -0.2) is 25.2 Å². The first-order valence-electron chi connectivity index (χ1n) is 6.27. The molecule has 0 spiro atoms. The lowest BCUT2D eigenvalue weighted by atomic mass is 10.0. The van der Waals surface area contributed by atoms with E-state index < -0.39 is 0 Å². The van der Waals surface area contributed by atoms with Crippen molar-refractivity contribution in [3.8, 4) is 5.75 Å². The van der Waals surface area contributed by atoms with Crippen LogP contribution in [0.1, 0.15) is 25.8 Å². The highest BCUT2D eigenvalue weighted by atomic mass is 35.5. The number of rotatable bonds is 3. The van der Waals surface area contributed by atoms with Crippen LogP contribution in [0, 0.1) is 6.92 Å². The fraction of sp³-hybridized carbons (Fsp3) is 0.571. The maximum atomic E-state index is 6.11. The Bertz CT molecular complexity index is 446. The van der Waals surface area contributed by atoms with Crippen LogP contribution in [0.15, 0.2) is 12.1 Å². The van der Waals surface area contributed by atoms with Crippen molar-refractivity contribution < 1.29 is 4.74 Å². The predicted octanol–water partition coefficient (Wildman–Crippen LogP) is 3.21. The van der Waals surface area contributed by atoms with E-state index >= 15 is 0 Å². The second kappa shape index (κ2) is 4.98. The Hall–Kier alpha value is -0.930. The molecule has 0 aromatic heterocycles. The molecule has 1 aromatic carbocycles. The van der Waals surface area contributed by atoms with Crippen LogP contribution in [0.3, 0.4) is 0 Å². The molecule has 1 saturated heterocycles. The maximum absolute atomic E-state index is 6.11. The lowest BCUT2D eigenvalue weighted by Crippen LogP contribution is -2.31. The third-order valence-electron chi connectivity index (χ3n) is 3.42. The minimum atomic E-state index is 0.201. The molecular formula is C14H21ClN2O. The monoisotopic (exact) mass is 268 g/mol. The van der Waals surface area contributed by atoms with Gasteiger partial charge in [-0.15, -0.1) is 0 Å². The summed E-state index contributed by atoms with van der Waals surface area (Å²) in [7, 11) is 1.67. The summed E-state index contributed by atoms with van der Waals surface area (Å²) in [4.78, 5) is 0. The van der Waals surface area contributed by atoms with E-state index in [0.29, 0.717) is 6.04 Å². The van der Waals surface area contributed by atoms with E-state index in [9.17, 15) is 0 Å². The van der Waals surface area contributed by atoms with E-state index in [1.165, 1.54) is 0 Å². The smallest absolute Gasteiger partial charge is 0.143 e. The van der Waals surface area contributed by atoms with Crippen LogP contribution in [0.2, 0.25) is 5.02 Å². The minimum absolute atomic E-state index is 0.201. The van der Waals surface area contributed by atoms with Crippen molar-refractivity contribution in [2.24, 2.45) is 0 Å². The SMILES string of the molecule is COc1cc(Cl)c(C)cc1NC1CNC(C)(C)C1. The summed E-state index contributed by atoms with van der Waals surface area (Å²) in [5.41, 5.74) is 2.28. The topological polar surface area (TPSA) is 33.3 Å². The molecule has 2 N–H and O–H groups in total. The van der Waals surface area contributed by atoms with Crippen molar-refractivity contribution >= 4 is 17.3 Å². The van der Waals surface area contributed by atoms with E-state index in [4.69, 9.17) is 16.3 Å². The van der Waals surface area contributed by atoms with Crippen LogP contribution in [0.5, 0.6) is 5.75 Å². The van der Waals surface area contributed by atoms with Crippen molar-refractivity contribution in [1.29, 1.82) is 0 Å². The summed E-state index contributed by atoms with van der Waals surface area (Å²) in [5.74, 6) is 0.801. The quantitative estimate of drug-likeness (QED) is 0.883. The van der Waals surface area contributed by atoms with Gasteiger partial charge < -0.3 is 15.4 Å². The summed E-state index contributed by atoms with van der Waals surface area (Å²) in [6.45, 7) is 7.42. The summed E-state index contributed by atoms with van der Waals surface area (Å²) < 4.78 is 5.38. The van der Waals surface area contributed by atoms with E-state index in [2.05, 4.69) is 24.5 Å². The average molecular weight is 269 g/mol. The molecule has 1 heterocycles. The van der Waals surface area contributed by atoms with Gasteiger partial charge in [-0.1, -0.05) is 11.6 Å². The molecule has 0 bridgehead atoms. The van der Waals surface area contributed by atoms with Crippen molar-refractivity contribution in [2.45, 2.75) is 38.8 Å². The zero-order valence-electron chi connectivity index (χ0n) is 11.4. The van der Waals surface area contributed by atoms with Gasteiger partial charge in [0.25, 0.3) is 0 Å². The first-order chi connectivity index (χ1) is 8.41. The van der Waals surface area contributed by atoms with Crippen molar-refractivity contribution in [1.82, 2.24) is 5.32 Å². The Kier molecular flexibility index (Phi) is 3.74. The third kappa shape index (κ3) is 2.90. The molecule has 1 atom stereocenters. The number of halogens is 1. The second-order valence-electron chi connectivity index (χ2n) is 5.61. The molecule has 3 nitrogen and oxygen atoms in total. The van der Waals surface area contributed by atoms with Gasteiger partial charge in [0, 0.05) is 29.2 Å². The molecule has 1 aromatic rings. The van der Waals surface area contributed by atoms with E-state index in [0.717, 1.165) is 35.0 Å². The number of aryl methyl sites for hydroxylation is 1. The van der Waals surface area contributed by atoms with Gasteiger partial charge in [0.2, 0.25) is 0 Å². The molecule has 0 radical (unpaired) electrons. The van der Waals surface area contributed by atoms with Gasteiger partial charge in [0.05, 0.1) is 12.8 Å². The lowest BCUT2D eigenvalue weighted by molar-refractivity contribution is 0.415. The number of hydrogen-bond donors (Lipinski definition) is 2. The van der Waals surface area contributed by atoms with Gasteiger partial charge in [0.1, 0.15) is 5.75 Å². The van der Waals surface area contributed by atoms with E-state index in [1.54, 1.807) is 7.11 Å². The molecule has 100 valence electrons. The average Bonchev–Trinajstić information content (AvgIpc) is 2.63. The Balaban J connectivity index is 2.16. The summed E-state index contributed by atoms with van der Waals surface area (Å²) in [5, 5.41) is 7.78. The predicted molar refractivity (Wildman–Crippen MR) is 76.9 cm³/mol. The highest BCUT2D eigenvalue weighted by Gasteiger charge is 2.30.